The molecule has 1 aromatic rings. The molecule has 1 heterocycles. The van der Waals surface area contributed by atoms with Gasteiger partial charge in [0.1, 0.15) is 5.82 Å². The first-order valence-electron chi connectivity index (χ1n) is 4.50. The lowest BCUT2D eigenvalue weighted by atomic mass is 10.2. The minimum atomic E-state index is -0.444. The van der Waals surface area contributed by atoms with Gasteiger partial charge in [-0.25, -0.2) is 4.98 Å². The highest BCUT2D eigenvalue weighted by Crippen LogP contribution is 2.12. The van der Waals surface area contributed by atoms with Gasteiger partial charge in [0.15, 0.2) is 0 Å². The largest absolute Gasteiger partial charge is 0.389 e. The molecule has 13 heavy (non-hydrogen) atoms. The second-order valence-electron chi connectivity index (χ2n) is 3.45. The Balaban J connectivity index is 2.70. The maximum Gasteiger partial charge on any atom is 0.126 e. The molecule has 0 saturated carbocycles. The summed E-state index contributed by atoms with van der Waals surface area (Å²) in [5, 5.41) is 12.4. The van der Waals surface area contributed by atoms with E-state index in [2.05, 4.69) is 24.1 Å². The topological polar surface area (TPSA) is 45.1 Å². The molecule has 0 amide bonds. The summed E-state index contributed by atoms with van der Waals surface area (Å²) >= 11 is 0. The standard InChI is InChI=1S/C10H16N2O/c1-7(2)12-10-5-4-9(6-11-10)8(3)13/h4-8,13H,1-3H3,(H,11,12)/t8-/m0/s1. The number of nitrogens with one attached hydrogen (secondary N) is 1. The van der Waals surface area contributed by atoms with E-state index in [9.17, 15) is 5.11 Å². The van der Waals surface area contributed by atoms with Crippen molar-refractivity contribution in [3.05, 3.63) is 23.9 Å². The third-order valence-electron chi connectivity index (χ3n) is 1.71. The zero-order valence-corrected chi connectivity index (χ0v) is 8.28. The van der Waals surface area contributed by atoms with Crippen molar-refractivity contribution in [3.8, 4) is 0 Å². The fraction of sp³-hybridized carbons (Fsp3) is 0.500. The predicted molar refractivity (Wildman–Crippen MR) is 53.6 cm³/mol. The van der Waals surface area contributed by atoms with Gasteiger partial charge in [0.05, 0.1) is 6.10 Å². The SMILES string of the molecule is CC(C)Nc1ccc([C@H](C)O)cn1. The van der Waals surface area contributed by atoms with E-state index in [1.165, 1.54) is 0 Å². The Morgan fingerprint density at radius 3 is 2.38 bits per heavy atom. The van der Waals surface area contributed by atoms with Crippen LogP contribution in [0.2, 0.25) is 0 Å². The van der Waals surface area contributed by atoms with Crippen LogP contribution >= 0.6 is 0 Å². The van der Waals surface area contributed by atoms with Crippen LogP contribution in [0, 0.1) is 0 Å². The van der Waals surface area contributed by atoms with Crippen LogP contribution in [0.25, 0.3) is 0 Å². The number of anilines is 1. The molecule has 0 aliphatic carbocycles. The molecule has 0 bridgehead atoms. The van der Waals surface area contributed by atoms with Gasteiger partial charge in [0, 0.05) is 12.2 Å². The van der Waals surface area contributed by atoms with E-state index in [1.807, 2.05) is 12.1 Å². The van der Waals surface area contributed by atoms with Gasteiger partial charge in [-0.05, 0) is 32.4 Å². The normalized spacial score (nSPS) is 13.0. The van der Waals surface area contributed by atoms with E-state index in [0.717, 1.165) is 11.4 Å². The zero-order chi connectivity index (χ0) is 9.84. The van der Waals surface area contributed by atoms with Gasteiger partial charge in [0.25, 0.3) is 0 Å². The van der Waals surface area contributed by atoms with E-state index < -0.39 is 6.10 Å². The van der Waals surface area contributed by atoms with Crippen LogP contribution < -0.4 is 5.32 Å². The lowest BCUT2D eigenvalue weighted by Crippen LogP contribution is -2.10. The Kier molecular flexibility index (Phi) is 3.25. The summed E-state index contributed by atoms with van der Waals surface area (Å²) in [5.74, 6) is 0.847. The highest BCUT2D eigenvalue weighted by Gasteiger charge is 2.01. The van der Waals surface area contributed by atoms with Gasteiger partial charge < -0.3 is 10.4 Å². The van der Waals surface area contributed by atoms with Crippen LogP contribution in [0.5, 0.6) is 0 Å². The molecule has 0 aromatic carbocycles. The number of rotatable bonds is 3. The van der Waals surface area contributed by atoms with Gasteiger partial charge in [-0.1, -0.05) is 6.07 Å². The van der Waals surface area contributed by atoms with Crippen molar-refractivity contribution < 1.29 is 5.11 Å². The van der Waals surface area contributed by atoms with Crippen LogP contribution in [0.4, 0.5) is 5.82 Å². The number of hydrogen-bond acceptors (Lipinski definition) is 3. The quantitative estimate of drug-likeness (QED) is 0.747. The zero-order valence-electron chi connectivity index (χ0n) is 8.28. The molecule has 2 N–H and O–H groups in total. The molecule has 0 spiro atoms. The van der Waals surface area contributed by atoms with Gasteiger partial charge >= 0.3 is 0 Å². The number of aromatic nitrogens is 1. The maximum absolute atomic E-state index is 9.24. The first-order valence-corrected chi connectivity index (χ1v) is 4.50. The number of pyridine rings is 1. The summed E-state index contributed by atoms with van der Waals surface area (Å²) in [5.41, 5.74) is 0.842. The fourth-order valence-corrected chi connectivity index (χ4v) is 1.03. The number of hydrogen-bond donors (Lipinski definition) is 2. The van der Waals surface area contributed by atoms with Crippen LogP contribution in [0.15, 0.2) is 18.3 Å². The van der Waals surface area contributed by atoms with Crippen LogP contribution in [0.1, 0.15) is 32.4 Å². The maximum atomic E-state index is 9.24. The van der Waals surface area contributed by atoms with Crippen molar-refractivity contribution in [2.45, 2.75) is 32.9 Å². The second-order valence-corrected chi connectivity index (χ2v) is 3.45. The summed E-state index contributed by atoms with van der Waals surface area (Å²) in [4.78, 5) is 4.17. The molecule has 3 heteroatoms. The molecule has 72 valence electrons. The lowest BCUT2D eigenvalue weighted by Gasteiger charge is -2.09. The fourth-order valence-electron chi connectivity index (χ4n) is 1.03. The van der Waals surface area contributed by atoms with Crippen molar-refractivity contribution in [1.82, 2.24) is 4.98 Å². The molecule has 0 fully saturated rings. The molecule has 0 saturated heterocycles. The Morgan fingerprint density at radius 2 is 2.00 bits per heavy atom. The molecule has 3 nitrogen and oxygen atoms in total. The first-order chi connectivity index (χ1) is 6.09. The van der Waals surface area contributed by atoms with Crippen molar-refractivity contribution in [2.24, 2.45) is 0 Å². The average molecular weight is 180 g/mol. The molecule has 0 aliphatic rings. The second kappa shape index (κ2) is 4.23. The third kappa shape index (κ3) is 3.03. The molecule has 0 radical (unpaired) electrons. The number of nitrogens with zero attached hydrogens (tertiary/aromatic N) is 1. The molecule has 1 aromatic heterocycles. The molecule has 0 unspecified atom stereocenters. The van der Waals surface area contributed by atoms with Crippen molar-refractivity contribution >= 4 is 5.82 Å². The molecule has 1 atom stereocenters. The highest BCUT2D eigenvalue weighted by atomic mass is 16.3. The van der Waals surface area contributed by atoms with Crippen molar-refractivity contribution in [1.29, 1.82) is 0 Å². The Labute approximate surface area is 78.8 Å². The predicted octanol–water partition coefficient (Wildman–Crippen LogP) is 1.96. The monoisotopic (exact) mass is 180 g/mol. The Hall–Kier alpha value is -1.09. The van der Waals surface area contributed by atoms with Gasteiger partial charge in [0.2, 0.25) is 0 Å². The van der Waals surface area contributed by atoms with E-state index in [0.29, 0.717) is 6.04 Å². The minimum absolute atomic E-state index is 0.380. The summed E-state index contributed by atoms with van der Waals surface area (Å²) in [6.45, 7) is 5.85. The lowest BCUT2D eigenvalue weighted by molar-refractivity contribution is 0.199. The molecule has 0 aliphatic heterocycles. The van der Waals surface area contributed by atoms with Crippen LogP contribution in [-0.4, -0.2) is 16.1 Å². The molecular formula is C10H16N2O. The third-order valence-corrected chi connectivity index (χ3v) is 1.71. The smallest absolute Gasteiger partial charge is 0.126 e. The summed E-state index contributed by atoms with van der Waals surface area (Å²) in [7, 11) is 0. The highest BCUT2D eigenvalue weighted by molar-refractivity contribution is 5.36. The van der Waals surface area contributed by atoms with Gasteiger partial charge in [-0.3, -0.25) is 0 Å². The van der Waals surface area contributed by atoms with E-state index >= 15 is 0 Å². The summed E-state index contributed by atoms with van der Waals surface area (Å²) < 4.78 is 0. The minimum Gasteiger partial charge on any atom is -0.389 e. The Morgan fingerprint density at radius 1 is 1.31 bits per heavy atom. The molecular weight excluding hydrogens is 164 g/mol. The molecule has 1 rings (SSSR count). The van der Waals surface area contributed by atoms with Gasteiger partial charge in [-0.15, -0.1) is 0 Å². The van der Waals surface area contributed by atoms with E-state index in [-0.39, 0.29) is 0 Å². The number of aliphatic hydroxyl groups is 1. The van der Waals surface area contributed by atoms with Crippen LogP contribution in [0.3, 0.4) is 0 Å². The van der Waals surface area contributed by atoms with E-state index in [1.54, 1.807) is 13.1 Å². The van der Waals surface area contributed by atoms with Crippen molar-refractivity contribution in [2.75, 3.05) is 5.32 Å². The van der Waals surface area contributed by atoms with Gasteiger partial charge in [-0.2, -0.15) is 0 Å². The summed E-state index contributed by atoms with van der Waals surface area (Å²) in [6, 6.07) is 4.13. The average Bonchev–Trinajstić information content (AvgIpc) is 2.04. The Bertz CT molecular complexity index is 254. The van der Waals surface area contributed by atoms with Crippen LogP contribution in [-0.2, 0) is 0 Å². The number of aliphatic hydroxyl groups excluding tert-OH is 1. The van der Waals surface area contributed by atoms with Crippen molar-refractivity contribution in [3.63, 3.8) is 0 Å². The first kappa shape index (κ1) is 9.99. The van der Waals surface area contributed by atoms with E-state index in [4.69, 9.17) is 0 Å². The summed E-state index contributed by atoms with van der Waals surface area (Å²) in [6.07, 6.45) is 1.25.